The van der Waals surface area contributed by atoms with Gasteiger partial charge in [-0.25, -0.2) is 14.0 Å². The van der Waals surface area contributed by atoms with Gasteiger partial charge in [0, 0.05) is 5.69 Å². The molecule has 1 heterocycles. The Morgan fingerprint density at radius 1 is 1.27 bits per heavy atom. The lowest BCUT2D eigenvalue weighted by Gasteiger charge is -2.31. The highest BCUT2D eigenvalue weighted by Gasteiger charge is 2.32. The van der Waals surface area contributed by atoms with E-state index in [1.54, 1.807) is 6.07 Å². The van der Waals surface area contributed by atoms with Crippen molar-refractivity contribution in [3.63, 3.8) is 0 Å². The first-order valence-corrected chi connectivity index (χ1v) is 6.99. The van der Waals surface area contributed by atoms with E-state index in [4.69, 9.17) is 9.47 Å². The van der Waals surface area contributed by atoms with Crippen molar-refractivity contribution in [3.05, 3.63) is 39.8 Å². The van der Waals surface area contributed by atoms with Gasteiger partial charge in [0.1, 0.15) is 18.2 Å². The van der Waals surface area contributed by atoms with E-state index in [0.717, 1.165) is 0 Å². The van der Waals surface area contributed by atoms with Crippen molar-refractivity contribution in [3.8, 4) is 0 Å². The third-order valence-electron chi connectivity index (χ3n) is 3.05. The highest BCUT2D eigenvalue weighted by Crippen LogP contribution is 2.29. The van der Waals surface area contributed by atoms with Crippen LogP contribution in [0.1, 0.15) is 0 Å². The minimum absolute atomic E-state index is 0.0175. The minimum Gasteiger partial charge on any atom is -0.466 e. The molecule has 0 radical (unpaired) electrons. The smallest absolute Gasteiger partial charge is 0.355 e. The Morgan fingerprint density at radius 3 is 2.55 bits per heavy atom. The van der Waals surface area contributed by atoms with E-state index in [2.05, 4.69) is 20.7 Å². The molecular formula is C14H13BrFNO5. The van der Waals surface area contributed by atoms with Crippen LogP contribution >= 0.6 is 15.9 Å². The maximum Gasteiger partial charge on any atom is 0.355 e. The molecule has 0 amide bonds. The van der Waals surface area contributed by atoms with Crippen LogP contribution in [0.4, 0.5) is 10.1 Å². The van der Waals surface area contributed by atoms with Gasteiger partial charge in [0.25, 0.3) is 0 Å². The molecule has 0 saturated heterocycles. The third kappa shape index (κ3) is 3.12. The summed E-state index contributed by atoms with van der Waals surface area (Å²) in [6.07, 6.45) is 0. The quantitative estimate of drug-likeness (QED) is 0.754. The van der Waals surface area contributed by atoms with Crippen LogP contribution in [0.3, 0.4) is 0 Å². The fourth-order valence-electron chi connectivity index (χ4n) is 2.00. The molecule has 1 aliphatic rings. The summed E-state index contributed by atoms with van der Waals surface area (Å²) in [6, 6.07) is 4.29. The van der Waals surface area contributed by atoms with Gasteiger partial charge in [-0.1, -0.05) is 0 Å². The zero-order valence-corrected chi connectivity index (χ0v) is 13.5. The summed E-state index contributed by atoms with van der Waals surface area (Å²) < 4.78 is 28.7. The van der Waals surface area contributed by atoms with Crippen LogP contribution in [0, 0.1) is 5.82 Å². The molecule has 0 atom stereocenters. The molecule has 2 rings (SSSR count). The van der Waals surface area contributed by atoms with Gasteiger partial charge in [-0.05, 0) is 34.1 Å². The van der Waals surface area contributed by atoms with Crippen LogP contribution in [0.5, 0.6) is 0 Å². The molecule has 1 aromatic rings. The van der Waals surface area contributed by atoms with Gasteiger partial charge < -0.3 is 19.1 Å². The summed E-state index contributed by atoms with van der Waals surface area (Å²) >= 11 is 3.05. The lowest BCUT2D eigenvalue weighted by atomic mass is 10.1. The standard InChI is InChI=1S/C14H13BrFNO5/c1-20-13(18)9-6-22-7-17(12(9)14(19)21-2)8-3-4-10(15)11(16)5-8/h3-5H,6-7H2,1-2H3. The molecule has 0 aliphatic carbocycles. The summed E-state index contributed by atoms with van der Waals surface area (Å²) in [5.41, 5.74) is 0.341. The second-order valence-corrected chi connectivity index (χ2v) is 5.17. The Labute approximate surface area is 134 Å². The fourth-order valence-corrected chi connectivity index (χ4v) is 2.25. The highest BCUT2D eigenvalue weighted by molar-refractivity contribution is 9.10. The van der Waals surface area contributed by atoms with E-state index in [1.807, 2.05) is 0 Å². The first-order valence-electron chi connectivity index (χ1n) is 6.19. The van der Waals surface area contributed by atoms with E-state index in [9.17, 15) is 14.0 Å². The molecule has 0 unspecified atom stereocenters. The number of nitrogens with zero attached hydrogens (tertiary/aromatic N) is 1. The highest BCUT2D eigenvalue weighted by atomic mass is 79.9. The summed E-state index contributed by atoms with van der Waals surface area (Å²) in [7, 11) is 2.39. The second kappa shape index (κ2) is 6.89. The van der Waals surface area contributed by atoms with E-state index in [0.29, 0.717) is 5.69 Å². The number of rotatable bonds is 3. The van der Waals surface area contributed by atoms with Crippen molar-refractivity contribution in [2.24, 2.45) is 0 Å². The Balaban J connectivity index is 2.54. The molecule has 0 fully saturated rings. The number of hydrogen-bond acceptors (Lipinski definition) is 6. The number of halogens is 2. The van der Waals surface area contributed by atoms with Crippen LogP contribution in [-0.4, -0.2) is 39.5 Å². The van der Waals surface area contributed by atoms with Crippen molar-refractivity contribution >= 4 is 33.6 Å². The van der Waals surface area contributed by atoms with Crippen molar-refractivity contribution in [2.45, 2.75) is 0 Å². The van der Waals surface area contributed by atoms with Crippen molar-refractivity contribution in [1.29, 1.82) is 0 Å². The number of anilines is 1. The number of esters is 2. The van der Waals surface area contributed by atoms with E-state index in [-0.39, 0.29) is 29.1 Å². The van der Waals surface area contributed by atoms with Gasteiger partial charge in [-0.3, -0.25) is 0 Å². The molecule has 0 aromatic heterocycles. The van der Waals surface area contributed by atoms with Gasteiger partial charge in [0.2, 0.25) is 0 Å². The maximum absolute atomic E-state index is 13.7. The number of methoxy groups -OCH3 is 2. The molecule has 0 spiro atoms. The molecule has 1 aromatic carbocycles. The average molecular weight is 374 g/mol. The number of ether oxygens (including phenoxy) is 3. The van der Waals surface area contributed by atoms with E-state index in [1.165, 1.54) is 31.3 Å². The van der Waals surface area contributed by atoms with Crippen LogP contribution < -0.4 is 4.90 Å². The van der Waals surface area contributed by atoms with Gasteiger partial charge >= 0.3 is 11.9 Å². The predicted molar refractivity (Wildman–Crippen MR) is 78.5 cm³/mol. The number of benzene rings is 1. The van der Waals surface area contributed by atoms with Crippen LogP contribution in [0.25, 0.3) is 0 Å². The summed E-state index contributed by atoms with van der Waals surface area (Å²) in [4.78, 5) is 25.2. The lowest BCUT2D eigenvalue weighted by molar-refractivity contribution is -0.140. The molecule has 8 heteroatoms. The van der Waals surface area contributed by atoms with Gasteiger partial charge in [0.15, 0.2) is 0 Å². The lowest BCUT2D eigenvalue weighted by Crippen LogP contribution is -2.38. The molecule has 0 saturated carbocycles. The predicted octanol–water partition coefficient (Wildman–Crippen LogP) is 1.98. The Morgan fingerprint density at radius 2 is 1.95 bits per heavy atom. The summed E-state index contributed by atoms with van der Waals surface area (Å²) in [5, 5.41) is 0. The number of carbonyl (C=O) groups excluding carboxylic acids is 2. The SMILES string of the molecule is COC(=O)C1=C(C(=O)OC)N(c2ccc(Br)c(F)c2)COC1. The molecule has 0 bridgehead atoms. The largest absolute Gasteiger partial charge is 0.466 e. The Bertz CT molecular complexity index is 646. The topological polar surface area (TPSA) is 65.1 Å². The average Bonchev–Trinajstić information content (AvgIpc) is 2.55. The molecule has 6 nitrogen and oxygen atoms in total. The molecule has 0 N–H and O–H groups in total. The molecule has 22 heavy (non-hydrogen) atoms. The number of carbonyl (C=O) groups is 2. The first kappa shape index (κ1) is 16.4. The van der Waals surface area contributed by atoms with Gasteiger partial charge in [0.05, 0.1) is 30.9 Å². The normalized spacial score (nSPS) is 14.8. The van der Waals surface area contributed by atoms with Gasteiger partial charge in [-0.15, -0.1) is 0 Å². The molecule has 118 valence electrons. The zero-order chi connectivity index (χ0) is 16.3. The van der Waals surface area contributed by atoms with Crippen molar-refractivity contribution in [2.75, 3.05) is 32.5 Å². The fraction of sp³-hybridized carbons (Fsp3) is 0.286. The monoisotopic (exact) mass is 373 g/mol. The van der Waals surface area contributed by atoms with Crippen LogP contribution in [-0.2, 0) is 23.8 Å². The van der Waals surface area contributed by atoms with Crippen molar-refractivity contribution < 1.29 is 28.2 Å². The van der Waals surface area contributed by atoms with Crippen LogP contribution in [0.2, 0.25) is 0 Å². The second-order valence-electron chi connectivity index (χ2n) is 4.31. The van der Waals surface area contributed by atoms with E-state index >= 15 is 0 Å². The maximum atomic E-state index is 13.7. The zero-order valence-electron chi connectivity index (χ0n) is 11.9. The Kier molecular flexibility index (Phi) is 5.15. The summed E-state index contributed by atoms with van der Waals surface area (Å²) in [5.74, 6) is -1.94. The first-order chi connectivity index (χ1) is 10.5. The molecule has 1 aliphatic heterocycles. The van der Waals surface area contributed by atoms with Crippen molar-refractivity contribution in [1.82, 2.24) is 0 Å². The van der Waals surface area contributed by atoms with Gasteiger partial charge in [-0.2, -0.15) is 0 Å². The Hall–Kier alpha value is -1.93. The van der Waals surface area contributed by atoms with E-state index < -0.39 is 17.8 Å². The van der Waals surface area contributed by atoms with Crippen LogP contribution in [0.15, 0.2) is 33.9 Å². The number of hydrogen-bond donors (Lipinski definition) is 0. The minimum atomic E-state index is -0.730. The molecular weight excluding hydrogens is 361 g/mol. The summed E-state index contributed by atoms with van der Waals surface area (Å²) in [6.45, 7) is -0.112. The third-order valence-corrected chi connectivity index (χ3v) is 3.69.